The molecule has 5 N–H and O–H groups in total. The van der Waals surface area contributed by atoms with E-state index in [9.17, 15) is 8.78 Å². The fourth-order valence-electron chi connectivity index (χ4n) is 1.75. The molecule has 0 spiro atoms. The number of nitrogens with two attached hydrogens (primary N) is 2. The third kappa shape index (κ3) is 9.29. The van der Waals surface area contributed by atoms with Crippen molar-refractivity contribution in [3.05, 3.63) is 79.5 Å². The second kappa shape index (κ2) is 13.5. The van der Waals surface area contributed by atoms with Gasteiger partial charge in [-0.05, 0) is 34.7 Å². The number of nitrogens with one attached hydrogen (secondary N) is 1. The Morgan fingerprint density at radius 1 is 0.939 bits per heavy atom. The molecule has 4 aromatic rings. The first kappa shape index (κ1) is 27.0. The van der Waals surface area contributed by atoms with Crippen LogP contribution < -0.4 is 11.5 Å². The van der Waals surface area contributed by atoms with Crippen molar-refractivity contribution >= 4 is 81.4 Å². The molecule has 0 atom stereocenters. The predicted molar refractivity (Wildman–Crippen MR) is 136 cm³/mol. The molecule has 0 saturated heterocycles. The highest BCUT2D eigenvalue weighted by Crippen LogP contribution is 2.30. The number of nitrogen functional groups attached to an aromatic ring is 2. The van der Waals surface area contributed by atoms with E-state index < -0.39 is 5.82 Å². The first-order chi connectivity index (χ1) is 15.7. The number of hydrogen-bond donors (Lipinski definition) is 3. The Bertz CT molecular complexity index is 1260. The number of aromatic amines is 1. The van der Waals surface area contributed by atoms with Gasteiger partial charge in [0.1, 0.15) is 20.0 Å². The number of rotatable bonds is 2. The molecule has 4 rings (SSSR count). The van der Waals surface area contributed by atoms with Crippen molar-refractivity contribution in [3.8, 4) is 0 Å². The Morgan fingerprint density at radius 3 is 2.09 bits per heavy atom. The minimum atomic E-state index is -0.427. The van der Waals surface area contributed by atoms with Gasteiger partial charge in [0.15, 0.2) is 23.3 Å². The van der Waals surface area contributed by atoms with Gasteiger partial charge in [0.2, 0.25) is 0 Å². The maximum absolute atomic E-state index is 13.3. The summed E-state index contributed by atoms with van der Waals surface area (Å²) in [4.78, 5) is 21.7. The average molecular weight is 641 g/mol. The van der Waals surface area contributed by atoms with Crippen LogP contribution in [-0.4, -0.2) is 29.9 Å². The zero-order valence-electron chi connectivity index (χ0n) is 16.2. The smallest absolute Gasteiger partial charge is 0.160 e. The van der Waals surface area contributed by atoms with Crippen molar-refractivity contribution in [2.45, 2.75) is 9.92 Å². The van der Waals surface area contributed by atoms with Crippen LogP contribution in [0.1, 0.15) is 0 Å². The van der Waals surface area contributed by atoms with Gasteiger partial charge in [0.25, 0.3) is 0 Å². The Balaban J connectivity index is 0.000000192. The Morgan fingerprint density at radius 2 is 1.58 bits per heavy atom. The number of halogens is 5. The molecule has 0 amide bonds. The minimum Gasteiger partial charge on any atom is -0.381 e. The standard InChI is InChI=1S/C9H6ClFN4S.C5H3FIN.C4H4ClN3S/c10-7-4-14-9(8(12)15-7)16-6-1-2-13-3-5(6)11;6-4-3-8-2-1-5(4)7;5-2-1-7-4(9)3(6)8-2/h1-4H,(H2,12,15);1-3H;1H,(H2,6,8)(H,7,9). The summed E-state index contributed by atoms with van der Waals surface area (Å²) in [6.07, 6.45) is 8.22. The molecule has 0 radical (unpaired) electrons. The molecule has 0 aliphatic carbocycles. The van der Waals surface area contributed by atoms with Gasteiger partial charge in [-0.25, -0.2) is 23.7 Å². The van der Waals surface area contributed by atoms with E-state index in [4.69, 9.17) is 46.9 Å². The van der Waals surface area contributed by atoms with Crippen molar-refractivity contribution in [2.75, 3.05) is 11.5 Å². The zero-order chi connectivity index (χ0) is 24.4. The molecule has 4 aromatic heterocycles. The largest absolute Gasteiger partial charge is 0.381 e. The van der Waals surface area contributed by atoms with Gasteiger partial charge in [-0.3, -0.25) is 9.97 Å². The summed E-state index contributed by atoms with van der Waals surface area (Å²) in [6.45, 7) is 0. The highest BCUT2D eigenvalue weighted by molar-refractivity contribution is 14.1. The van der Waals surface area contributed by atoms with E-state index in [2.05, 4.69) is 29.9 Å². The highest BCUT2D eigenvalue weighted by Gasteiger charge is 2.09. The van der Waals surface area contributed by atoms with Crippen LogP contribution in [0, 0.1) is 19.8 Å². The second-order valence-corrected chi connectivity index (χ2v) is 8.89. The van der Waals surface area contributed by atoms with Crippen LogP contribution in [0.3, 0.4) is 0 Å². The summed E-state index contributed by atoms with van der Waals surface area (Å²) in [6, 6.07) is 3.16. The lowest BCUT2D eigenvalue weighted by atomic mass is 10.5. The number of H-pyrrole nitrogens is 1. The highest BCUT2D eigenvalue weighted by atomic mass is 127. The third-order valence-corrected chi connectivity index (χ3v) is 5.82. The quantitative estimate of drug-likeness (QED) is 0.189. The van der Waals surface area contributed by atoms with Gasteiger partial charge in [0, 0.05) is 18.6 Å². The lowest BCUT2D eigenvalue weighted by molar-refractivity contribution is 0.595. The predicted octanol–water partition coefficient (Wildman–Crippen LogP) is 5.60. The van der Waals surface area contributed by atoms with E-state index in [1.54, 1.807) is 12.3 Å². The molecule has 4 heterocycles. The van der Waals surface area contributed by atoms with Crippen molar-refractivity contribution in [1.29, 1.82) is 0 Å². The minimum absolute atomic E-state index is 0.175. The Hall–Kier alpha value is -2.20. The van der Waals surface area contributed by atoms with Gasteiger partial charge < -0.3 is 16.5 Å². The molecule has 33 heavy (non-hydrogen) atoms. The first-order valence-electron chi connectivity index (χ1n) is 8.48. The summed E-state index contributed by atoms with van der Waals surface area (Å²) >= 11 is 18.8. The van der Waals surface area contributed by atoms with E-state index in [-0.39, 0.29) is 22.6 Å². The number of nitrogens with zero attached hydrogens (tertiary/aromatic N) is 5. The third-order valence-electron chi connectivity index (χ3n) is 3.18. The van der Waals surface area contributed by atoms with Crippen LogP contribution in [0.4, 0.5) is 20.4 Å². The van der Waals surface area contributed by atoms with Crippen LogP contribution in [0.15, 0.2) is 59.2 Å². The van der Waals surface area contributed by atoms with Gasteiger partial charge in [-0.1, -0.05) is 47.2 Å². The molecule has 0 aliphatic rings. The fourth-order valence-corrected chi connectivity index (χ4v) is 3.19. The van der Waals surface area contributed by atoms with E-state index in [0.717, 1.165) is 18.0 Å². The maximum atomic E-state index is 13.3. The van der Waals surface area contributed by atoms with E-state index in [0.29, 0.717) is 23.3 Å². The molecule has 0 aliphatic heterocycles. The number of anilines is 2. The maximum Gasteiger partial charge on any atom is 0.160 e. The lowest BCUT2D eigenvalue weighted by Gasteiger charge is -2.03. The Labute approximate surface area is 219 Å². The molecular formula is C18H13Cl2F2IN8S2. The molecule has 0 unspecified atom stereocenters. The van der Waals surface area contributed by atoms with Gasteiger partial charge in [-0.15, -0.1) is 0 Å². The van der Waals surface area contributed by atoms with Crippen molar-refractivity contribution in [3.63, 3.8) is 0 Å². The summed E-state index contributed by atoms with van der Waals surface area (Å²) in [7, 11) is 0. The number of hydrogen-bond acceptors (Lipinski definition) is 9. The molecule has 8 nitrogen and oxygen atoms in total. The average Bonchev–Trinajstić information content (AvgIpc) is 2.77. The van der Waals surface area contributed by atoms with E-state index >= 15 is 0 Å². The molecule has 0 bridgehead atoms. The molecule has 15 heteroatoms. The lowest BCUT2D eigenvalue weighted by Crippen LogP contribution is -1.96. The van der Waals surface area contributed by atoms with Crippen molar-refractivity contribution in [1.82, 2.24) is 29.9 Å². The van der Waals surface area contributed by atoms with Crippen molar-refractivity contribution in [2.24, 2.45) is 0 Å². The molecular weight excluding hydrogens is 628 g/mol. The van der Waals surface area contributed by atoms with Gasteiger partial charge >= 0.3 is 0 Å². The van der Waals surface area contributed by atoms with Crippen LogP contribution >= 0.6 is 69.8 Å². The fraction of sp³-hybridized carbons (Fsp3) is 0. The summed E-state index contributed by atoms with van der Waals surface area (Å²) < 4.78 is 26.6. The molecule has 172 valence electrons. The molecule has 0 saturated carbocycles. The van der Waals surface area contributed by atoms with Crippen molar-refractivity contribution < 1.29 is 8.78 Å². The normalized spacial score (nSPS) is 9.85. The molecule has 0 aromatic carbocycles. The SMILES string of the molecule is Fc1cnccc1I.Nc1nc(Cl)c[nH]c1=S.Nc1nc(Cl)cnc1Sc1ccncc1F. The monoisotopic (exact) mass is 640 g/mol. The van der Waals surface area contributed by atoms with Crippen LogP contribution in [0.25, 0.3) is 0 Å². The van der Waals surface area contributed by atoms with E-state index in [1.807, 2.05) is 22.6 Å². The first-order valence-corrected chi connectivity index (χ1v) is 11.5. The Kier molecular flexibility index (Phi) is 11.1. The number of aromatic nitrogens is 6. The summed E-state index contributed by atoms with van der Waals surface area (Å²) in [5.74, 6) is -0.247. The van der Waals surface area contributed by atoms with Crippen LogP contribution in [0.2, 0.25) is 10.3 Å². The summed E-state index contributed by atoms with van der Waals surface area (Å²) in [5, 5.41) is 0.938. The van der Waals surface area contributed by atoms with E-state index in [1.165, 1.54) is 30.9 Å². The number of pyridine rings is 2. The van der Waals surface area contributed by atoms with Gasteiger partial charge in [-0.2, -0.15) is 0 Å². The summed E-state index contributed by atoms with van der Waals surface area (Å²) in [5.41, 5.74) is 10.9. The van der Waals surface area contributed by atoms with Crippen LogP contribution in [0.5, 0.6) is 0 Å². The second-order valence-electron chi connectivity index (χ2n) is 5.52. The topological polar surface area (TPSA) is 132 Å². The zero-order valence-corrected chi connectivity index (χ0v) is 21.5. The van der Waals surface area contributed by atoms with Gasteiger partial charge in [0.05, 0.1) is 27.1 Å². The van der Waals surface area contributed by atoms with Crippen LogP contribution in [-0.2, 0) is 0 Å². The molecule has 0 fully saturated rings.